The van der Waals surface area contributed by atoms with Gasteiger partial charge >= 0.3 is 0 Å². The molecule has 1 heterocycles. The number of hydrogen-bond acceptors (Lipinski definition) is 2. The number of rotatable bonds is 3. The van der Waals surface area contributed by atoms with Crippen molar-refractivity contribution >= 4 is 0 Å². The van der Waals surface area contributed by atoms with Gasteiger partial charge in [-0.3, -0.25) is 4.98 Å². The Morgan fingerprint density at radius 2 is 1.88 bits per heavy atom. The Labute approximate surface area is 95.9 Å². The Bertz CT molecular complexity index is 465. The molecule has 2 rings (SSSR count). The van der Waals surface area contributed by atoms with Gasteiger partial charge < -0.3 is 4.74 Å². The van der Waals surface area contributed by atoms with E-state index < -0.39 is 0 Å². The molecule has 0 atom stereocenters. The highest BCUT2D eigenvalue weighted by atomic mass is 16.5. The molecule has 0 unspecified atom stereocenters. The Hall–Kier alpha value is -1.83. The summed E-state index contributed by atoms with van der Waals surface area (Å²) in [6.45, 7) is 4.63. The van der Waals surface area contributed by atoms with Gasteiger partial charge in [-0.05, 0) is 37.1 Å². The first-order valence-corrected chi connectivity index (χ1v) is 5.35. The fourth-order valence-electron chi connectivity index (χ4n) is 1.56. The van der Waals surface area contributed by atoms with E-state index in [9.17, 15) is 0 Å². The van der Waals surface area contributed by atoms with Crippen LogP contribution in [0.1, 0.15) is 16.8 Å². The van der Waals surface area contributed by atoms with E-state index in [4.69, 9.17) is 4.74 Å². The predicted molar refractivity (Wildman–Crippen MR) is 64.5 cm³/mol. The van der Waals surface area contributed by atoms with Crippen LogP contribution in [0.4, 0.5) is 0 Å². The van der Waals surface area contributed by atoms with Crippen molar-refractivity contribution in [1.82, 2.24) is 4.98 Å². The SMILES string of the molecule is Cc1cnc(COc2ccccc2)c(C)c1. The van der Waals surface area contributed by atoms with Gasteiger partial charge in [0.05, 0.1) is 5.69 Å². The van der Waals surface area contributed by atoms with Gasteiger partial charge in [-0.2, -0.15) is 0 Å². The maximum absolute atomic E-state index is 5.65. The molecular weight excluding hydrogens is 198 g/mol. The average molecular weight is 213 g/mol. The Kier molecular flexibility index (Phi) is 3.20. The number of benzene rings is 1. The molecule has 0 bridgehead atoms. The number of para-hydroxylation sites is 1. The second-order valence-electron chi connectivity index (χ2n) is 3.88. The third-order valence-corrected chi connectivity index (χ3v) is 2.44. The van der Waals surface area contributed by atoms with Crippen molar-refractivity contribution in [2.45, 2.75) is 20.5 Å². The summed E-state index contributed by atoms with van der Waals surface area (Å²) >= 11 is 0. The third kappa shape index (κ3) is 2.60. The molecule has 0 spiro atoms. The summed E-state index contributed by atoms with van der Waals surface area (Å²) in [7, 11) is 0. The van der Waals surface area contributed by atoms with Crippen LogP contribution in [0.5, 0.6) is 5.75 Å². The first kappa shape index (κ1) is 10.7. The molecule has 1 aromatic heterocycles. The standard InChI is InChI=1S/C14H15NO/c1-11-8-12(2)14(15-9-11)10-16-13-6-4-3-5-7-13/h3-9H,10H2,1-2H3. The highest BCUT2D eigenvalue weighted by Gasteiger charge is 2.01. The van der Waals surface area contributed by atoms with Crippen LogP contribution in [-0.2, 0) is 6.61 Å². The van der Waals surface area contributed by atoms with Gasteiger partial charge in [0.2, 0.25) is 0 Å². The lowest BCUT2D eigenvalue weighted by Crippen LogP contribution is -2.01. The van der Waals surface area contributed by atoms with Gasteiger partial charge in [0, 0.05) is 6.20 Å². The van der Waals surface area contributed by atoms with Crippen molar-refractivity contribution in [3.8, 4) is 5.75 Å². The minimum atomic E-state index is 0.524. The molecule has 0 aliphatic heterocycles. The summed E-state index contributed by atoms with van der Waals surface area (Å²) in [5.41, 5.74) is 3.35. The number of aromatic nitrogens is 1. The van der Waals surface area contributed by atoms with Crippen molar-refractivity contribution in [2.75, 3.05) is 0 Å². The first-order chi connectivity index (χ1) is 7.75. The van der Waals surface area contributed by atoms with Crippen LogP contribution < -0.4 is 4.74 Å². The van der Waals surface area contributed by atoms with Gasteiger partial charge in [0.25, 0.3) is 0 Å². The number of ether oxygens (including phenoxy) is 1. The molecule has 0 saturated carbocycles. The summed E-state index contributed by atoms with van der Waals surface area (Å²) in [6.07, 6.45) is 1.87. The summed E-state index contributed by atoms with van der Waals surface area (Å²) in [5.74, 6) is 0.879. The van der Waals surface area contributed by atoms with E-state index in [0.29, 0.717) is 6.61 Å². The van der Waals surface area contributed by atoms with Crippen molar-refractivity contribution in [3.63, 3.8) is 0 Å². The zero-order valence-electron chi connectivity index (χ0n) is 9.60. The molecule has 0 fully saturated rings. The third-order valence-electron chi connectivity index (χ3n) is 2.44. The molecule has 0 radical (unpaired) electrons. The van der Waals surface area contributed by atoms with E-state index in [0.717, 1.165) is 11.4 Å². The van der Waals surface area contributed by atoms with Gasteiger partial charge in [0.1, 0.15) is 12.4 Å². The lowest BCUT2D eigenvalue weighted by atomic mass is 10.2. The molecule has 2 heteroatoms. The quantitative estimate of drug-likeness (QED) is 0.780. The van der Waals surface area contributed by atoms with Gasteiger partial charge in [-0.1, -0.05) is 24.3 Å². The highest BCUT2D eigenvalue weighted by molar-refractivity contribution is 5.25. The molecule has 0 aliphatic carbocycles. The number of nitrogens with zero attached hydrogens (tertiary/aromatic N) is 1. The largest absolute Gasteiger partial charge is 0.487 e. The molecule has 82 valence electrons. The van der Waals surface area contributed by atoms with Crippen LogP contribution in [0.2, 0.25) is 0 Å². The van der Waals surface area contributed by atoms with Crippen LogP contribution in [0.15, 0.2) is 42.6 Å². The molecule has 16 heavy (non-hydrogen) atoms. The predicted octanol–water partition coefficient (Wildman–Crippen LogP) is 3.28. The second kappa shape index (κ2) is 4.79. The Balaban J connectivity index is 2.05. The fraction of sp³-hybridized carbons (Fsp3) is 0.214. The van der Waals surface area contributed by atoms with Gasteiger partial charge in [0.15, 0.2) is 0 Å². The maximum atomic E-state index is 5.65. The summed E-state index contributed by atoms with van der Waals surface area (Å²) in [5, 5.41) is 0. The molecule has 0 saturated heterocycles. The van der Waals surface area contributed by atoms with Gasteiger partial charge in [-0.15, -0.1) is 0 Å². The van der Waals surface area contributed by atoms with Crippen molar-refractivity contribution < 1.29 is 4.74 Å². The lowest BCUT2D eigenvalue weighted by Gasteiger charge is -2.08. The smallest absolute Gasteiger partial charge is 0.130 e. The molecule has 0 N–H and O–H groups in total. The van der Waals surface area contributed by atoms with E-state index in [2.05, 4.69) is 18.0 Å². The second-order valence-corrected chi connectivity index (χ2v) is 3.88. The van der Waals surface area contributed by atoms with E-state index >= 15 is 0 Å². The van der Waals surface area contributed by atoms with Crippen LogP contribution in [0, 0.1) is 13.8 Å². The molecule has 1 aromatic carbocycles. The monoisotopic (exact) mass is 213 g/mol. The first-order valence-electron chi connectivity index (χ1n) is 5.35. The Morgan fingerprint density at radius 3 is 2.56 bits per heavy atom. The Morgan fingerprint density at radius 1 is 1.12 bits per heavy atom. The minimum Gasteiger partial charge on any atom is -0.487 e. The van der Waals surface area contributed by atoms with E-state index in [1.807, 2.05) is 43.5 Å². The number of hydrogen-bond donors (Lipinski definition) is 0. The molecule has 2 nitrogen and oxygen atoms in total. The summed E-state index contributed by atoms with van der Waals surface area (Å²) in [4.78, 5) is 4.37. The van der Waals surface area contributed by atoms with E-state index in [-0.39, 0.29) is 0 Å². The van der Waals surface area contributed by atoms with Crippen LogP contribution >= 0.6 is 0 Å². The topological polar surface area (TPSA) is 22.1 Å². The number of pyridine rings is 1. The highest BCUT2D eigenvalue weighted by Crippen LogP contribution is 2.13. The molecule has 2 aromatic rings. The molecule has 0 aliphatic rings. The molecule has 0 amide bonds. The summed E-state index contributed by atoms with van der Waals surface area (Å²) in [6, 6.07) is 11.9. The normalized spacial score (nSPS) is 10.1. The number of aryl methyl sites for hydroxylation is 2. The zero-order chi connectivity index (χ0) is 11.4. The van der Waals surface area contributed by atoms with Crippen LogP contribution in [0.3, 0.4) is 0 Å². The minimum absolute atomic E-state index is 0.524. The van der Waals surface area contributed by atoms with Crippen LogP contribution in [-0.4, -0.2) is 4.98 Å². The average Bonchev–Trinajstić information content (AvgIpc) is 2.29. The molecular formula is C14H15NO. The lowest BCUT2D eigenvalue weighted by molar-refractivity contribution is 0.300. The fourth-order valence-corrected chi connectivity index (χ4v) is 1.56. The zero-order valence-corrected chi connectivity index (χ0v) is 9.60. The van der Waals surface area contributed by atoms with Gasteiger partial charge in [-0.25, -0.2) is 0 Å². The maximum Gasteiger partial charge on any atom is 0.130 e. The summed E-state index contributed by atoms with van der Waals surface area (Å²) < 4.78 is 5.65. The van der Waals surface area contributed by atoms with Crippen molar-refractivity contribution in [1.29, 1.82) is 0 Å². The van der Waals surface area contributed by atoms with Crippen molar-refractivity contribution in [3.05, 3.63) is 59.4 Å². The van der Waals surface area contributed by atoms with E-state index in [1.54, 1.807) is 0 Å². The van der Waals surface area contributed by atoms with Crippen molar-refractivity contribution in [2.24, 2.45) is 0 Å². The van der Waals surface area contributed by atoms with Crippen LogP contribution in [0.25, 0.3) is 0 Å². The van der Waals surface area contributed by atoms with E-state index in [1.165, 1.54) is 11.1 Å².